The lowest BCUT2D eigenvalue weighted by Crippen LogP contribution is -2.13. The van der Waals surface area contributed by atoms with Crippen LogP contribution in [0.3, 0.4) is 0 Å². The number of ether oxygens (including phenoxy) is 5. The molecule has 0 radical (unpaired) electrons. The van der Waals surface area contributed by atoms with Crippen LogP contribution >= 0.6 is 0 Å². The minimum Gasteiger partial charge on any atom is -0.379 e. The van der Waals surface area contributed by atoms with Crippen molar-refractivity contribution in [1.82, 2.24) is 0 Å². The normalized spacial score (nSPS) is 11.2. The molecule has 0 spiro atoms. The van der Waals surface area contributed by atoms with Crippen molar-refractivity contribution in [3.8, 4) is 0 Å². The van der Waals surface area contributed by atoms with Gasteiger partial charge in [-0.3, -0.25) is 0 Å². The van der Waals surface area contributed by atoms with E-state index < -0.39 is 0 Å². The summed E-state index contributed by atoms with van der Waals surface area (Å²) in [5.74, 6) is 0. The van der Waals surface area contributed by atoms with Gasteiger partial charge in [-0.2, -0.15) is 0 Å². The Labute approximate surface area is 218 Å². The maximum absolute atomic E-state index is 5.62. The fourth-order valence-electron chi connectivity index (χ4n) is 3.74. The summed E-state index contributed by atoms with van der Waals surface area (Å²) in [6.45, 7) is 14.2. The Balaban J connectivity index is 3.01. The number of hydrogen-bond acceptors (Lipinski definition) is 5. The van der Waals surface area contributed by atoms with Crippen LogP contribution in [0, 0.1) is 0 Å². The molecule has 0 saturated heterocycles. The van der Waals surface area contributed by atoms with Gasteiger partial charge in [-0.15, -0.1) is 13.2 Å². The van der Waals surface area contributed by atoms with Crippen LogP contribution in [-0.4, -0.2) is 66.1 Å². The quantitative estimate of drug-likeness (QED) is 0.0703. The molecule has 0 N–H and O–H groups in total. The summed E-state index contributed by atoms with van der Waals surface area (Å²) in [5, 5.41) is 0. The summed E-state index contributed by atoms with van der Waals surface area (Å²) in [5.41, 5.74) is 0. The summed E-state index contributed by atoms with van der Waals surface area (Å²) in [6.07, 6.45) is 24.5. The first-order valence-electron chi connectivity index (χ1n) is 14.5. The van der Waals surface area contributed by atoms with Crippen molar-refractivity contribution in [2.45, 2.75) is 103 Å². The van der Waals surface area contributed by atoms with Crippen molar-refractivity contribution in [3.63, 3.8) is 0 Å². The monoisotopic (exact) mass is 498 g/mol. The van der Waals surface area contributed by atoms with E-state index in [1.807, 2.05) is 12.2 Å². The van der Waals surface area contributed by atoms with Gasteiger partial charge >= 0.3 is 0 Å². The molecule has 0 aromatic heterocycles. The van der Waals surface area contributed by atoms with Crippen LogP contribution in [0.15, 0.2) is 25.3 Å². The van der Waals surface area contributed by atoms with Gasteiger partial charge in [0.2, 0.25) is 0 Å². The first kappa shape index (κ1) is 34.3. The van der Waals surface area contributed by atoms with E-state index >= 15 is 0 Å². The van der Waals surface area contributed by atoms with Crippen molar-refractivity contribution < 1.29 is 23.7 Å². The highest BCUT2D eigenvalue weighted by Crippen LogP contribution is 2.09. The van der Waals surface area contributed by atoms with Gasteiger partial charge in [-0.1, -0.05) is 76.4 Å². The molecule has 0 unspecified atom stereocenters. The van der Waals surface area contributed by atoms with E-state index in [-0.39, 0.29) is 0 Å². The minimum absolute atomic E-state index is 0.598. The minimum atomic E-state index is 0.598. The average molecular weight is 499 g/mol. The van der Waals surface area contributed by atoms with E-state index in [0.29, 0.717) is 52.9 Å². The van der Waals surface area contributed by atoms with Crippen molar-refractivity contribution in [1.29, 1.82) is 0 Å². The fraction of sp³-hybridized carbons (Fsp3) is 0.867. The molecule has 5 heteroatoms. The molecular formula is C30H58O5. The Bertz CT molecular complexity index is 366. The van der Waals surface area contributed by atoms with Crippen LogP contribution in [0.25, 0.3) is 0 Å². The largest absolute Gasteiger partial charge is 0.379 e. The lowest BCUT2D eigenvalue weighted by molar-refractivity contribution is -0.0114. The Kier molecular flexibility index (Phi) is 32.6. The van der Waals surface area contributed by atoms with Gasteiger partial charge in [0, 0.05) is 13.2 Å². The van der Waals surface area contributed by atoms with E-state index in [0.717, 1.165) is 38.9 Å². The van der Waals surface area contributed by atoms with Crippen molar-refractivity contribution >= 4 is 0 Å². The number of rotatable bonds is 32. The first-order chi connectivity index (χ1) is 17.4. The molecular weight excluding hydrogens is 440 g/mol. The Morgan fingerprint density at radius 1 is 0.286 bits per heavy atom. The van der Waals surface area contributed by atoms with Crippen molar-refractivity contribution in [2.24, 2.45) is 0 Å². The van der Waals surface area contributed by atoms with Gasteiger partial charge in [0.05, 0.1) is 52.9 Å². The average Bonchev–Trinajstić information content (AvgIpc) is 2.87. The smallest absolute Gasteiger partial charge is 0.0701 e. The van der Waals surface area contributed by atoms with Crippen molar-refractivity contribution in [2.75, 3.05) is 66.1 Å². The zero-order valence-corrected chi connectivity index (χ0v) is 23.0. The summed E-state index contributed by atoms with van der Waals surface area (Å²) in [4.78, 5) is 0. The maximum Gasteiger partial charge on any atom is 0.0701 e. The van der Waals surface area contributed by atoms with Crippen LogP contribution in [0.5, 0.6) is 0 Å². The number of allylic oxidation sites excluding steroid dienone is 2. The van der Waals surface area contributed by atoms with E-state index in [9.17, 15) is 0 Å². The molecule has 208 valence electrons. The molecule has 0 bridgehead atoms. The van der Waals surface area contributed by atoms with Gasteiger partial charge < -0.3 is 23.7 Å². The molecule has 0 aliphatic rings. The van der Waals surface area contributed by atoms with Gasteiger partial charge in [0.25, 0.3) is 0 Å². The summed E-state index contributed by atoms with van der Waals surface area (Å²) in [6, 6.07) is 0. The van der Waals surface area contributed by atoms with Crippen molar-refractivity contribution in [3.05, 3.63) is 25.3 Å². The van der Waals surface area contributed by atoms with Crippen LogP contribution in [0.4, 0.5) is 0 Å². The molecule has 0 amide bonds. The molecule has 0 atom stereocenters. The number of hydrogen-bond donors (Lipinski definition) is 0. The predicted octanol–water partition coefficient (Wildman–Crippen LogP) is 7.68. The second kappa shape index (κ2) is 33.3. The highest BCUT2D eigenvalue weighted by molar-refractivity contribution is 4.65. The highest BCUT2D eigenvalue weighted by atomic mass is 16.6. The van der Waals surface area contributed by atoms with Crippen LogP contribution in [-0.2, 0) is 23.7 Å². The van der Waals surface area contributed by atoms with Crippen LogP contribution in [0.1, 0.15) is 103 Å². The molecule has 0 fully saturated rings. The molecule has 0 saturated carbocycles. The number of unbranched alkanes of at least 4 members (excludes halogenated alkanes) is 14. The maximum atomic E-state index is 5.62. The second-order valence-corrected chi connectivity index (χ2v) is 9.17. The van der Waals surface area contributed by atoms with Gasteiger partial charge in [-0.25, -0.2) is 0 Å². The second-order valence-electron chi connectivity index (χ2n) is 9.17. The lowest BCUT2D eigenvalue weighted by Gasteiger charge is -2.08. The standard InChI is InChI=1S/C30H58O5/c1-3-5-7-9-11-13-15-17-19-21-31-23-25-33-27-29-35-30-28-34-26-24-32-22-20-18-16-14-12-10-8-6-4-2/h3-4H,1-2,5-30H2. The third-order valence-electron chi connectivity index (χ3n) is 5.88. The molecule has 0 rings (SSSR count). The van der Waals surface area contributed by atoms with Gasteiger partial charge in [-0.05, 0) is 38.5 Å². The molecule has 0 aromatic rings. The third kappa shape index (κ3) is 33.3. The first-order valence-corrected chi connectivity index (χ1v) is 14.5. The van der Waals surface area contributed by atoms with Crippen LogP contribution in [0.2, 0.25) is 0 Å². The molecule has 0 aliphatic carbocycles. The topological polar surface area (TPSA) is 46.2 Å². The molecule has 0 aliphatic heterocycles. The highest BCUT2D eigenvalue weighted by Gasteiger charge is 1.96. The lowest BCUT2D eigenvalue weighted by atomic mass is 10.1. The zero-order chi connectivity index (χ0) is 25.3. The Hall–Kier alpha value is -0.720. The zero-order valence-electron chi connectivity index (χ0n) is 23.0. The summed E-state index contributed by atoms with van der Waals surface area (Å²) in [7, 11) is 0. The molecule has 0 aromatic carbocycles. The fourth-order valence-corrected chi connectivity index (χ4v) is 3.74. The Morgan fingerprint density at radius 2 is 0.514 bits per heavy atom. The molecule has 5 nitrogen and oxygen atoms in total. The molecule has 35 heavy (non-hydrogen) atoms. The Morgan fingerprint density at radius 3 is 0.800 bits per heavy atom. The molecule has 0 heterocycles. The predicted molar refractivity (Wildman–Crippen MR) is 148 cm³/mol. The SMILES string of the molecule is C=CCCCCCCCCCOCCOCCOCCOCCOCCCCCCCCCC=C. The third-order valence-corrected chi connectivity index (χ3v) is 5.88. The van der Waals surface area contributed by atoms with Gasteiger partial charge in [0.1, 0.15) is 0 Å². The van der Waals surface area contributed by atoms with E-state index in [1.54, 1.807) is 0 Å². The summed E-state index contributed by atoms with van der Waals surface area (Å²) < 4.78 is 27.8. The van der Waals surface area contributed by atoms with E-state index in [4.69, 9.17) is 23.7 Å². The van der Waals surface area contributed by atoms with E-state index in [2.05, 4.69) is 13.2 Å². The van der Waals surface area contributed by atoms with E-state index in [1.165, 1.54) is 77.0 Å². The van der Waals surface area contributed by atoms with Crippen LogP contribution < -0.4 is 0 Å². The summed E-state index contributed by atoms with van der Waals surface area (Å²) >= 11 is 0. The van der Waals surface area contributed by atoms with Gasteiger partial charge in [0.15, 0.2) is 0 Å².